The minimum absolute atomic E-state index is 0.0348. The number of carboxylic acids is 1. The second-order valence-electron chi connectivity index (χ2n) is 3.65. The number of nitrogens with zero attached hydrogens (tertiary/aromatic N) is 4. The van der Waals surface area contributed by atoms with Gasteiger partial charge in [0.15, 0.2) is 5.82 Å². The number of rotatable bonds is 3. The molecule has 2 rings (SSSR count). The van der Waals surface area contributed by atoms with Gasteiger partial charge in [0.2, 0.25) is 0 Å². The second kappa shape index (κ2) is 4.65. The number of nitro groups is 1. The van der Waals surface area contributed by atoms with Gasteiger partial charge in [0.1, 0.15) is 5.15 Å². The van der Waals surface area contributed by atoms with Crippen molar-refractivity contribution in [1.82, 2.24) is 14.8 Å². The van der Waals surface area contributed by atoms with Crippen LogP contribution in [0.2, 0.25) is 5.15 Å². The van der Waals surface area contributed by atoms with Crippen LogP contribution in [0.1, 0.15) is 16.1 Å². The van der Waals surface area contributed by atoms with Crippen molar-refractivity contribution in [2.75, 3.05) is 0 Å². The number of hydrogen-bond donors (Lipinski definition) is 1. The Morgan fingerprint density at radius 2 is 2.16 bits per heavy atom. The fourth-order valence-corrected chi connectivity index (χ4v) is 1.70. The Labute approximate surface area is 111 Å². The molecule has 2 aromatic rings. The molecule has 0 unspecified atom stereocenters. The average molecular weight is 283 g/mol. The summed E-state index contributed by atoms with van der Waals surface area (Å²) in [7, 11) is 0. The van der Waals surface area contributed by atoms with Crippen LogP contribution < -0.4 is 0 Å². The molecule has 0 fully saturated rings. The van der Waals surface area contributed by atoms with Gasteiger partial charge in [0, 0.05) is 0 Å². The van der Waals surface area contributed by atoms with Gasteiger partial charge in [-0.25, -0.2) is 9.78 Å². The Kier molecular flexibility index (Phi) is 3.17. The highest BCUT2D eigenvalue weighted by Crippen LogP contribution is 2.18. The summed E-state index contributed by atoms with van der Waals surface area (Å²) in [4.78, 5) is 24.8. The van der Waals surface area contributed by atoms with E-state index in [0.29, 0.717) is 5.69 Å². The summed E-state index contributed by atoms with van der Waals surface area (Å²) in [5.74, 6) is -1.42. The van der Waals surface area contributed by atoms with E-state index in [2.05, 4.69) is 10.1 Å². The molecule has 0 amide bonds. The van der Waals surface area contributed by atoms with E-state index in [-0.39, 0.29) is 22.4 Å². The topological polar surface area (TPSA) is 111 Å². The van der Waals surface area contributed by atoms with Crippen LogP contribution in [0, 0.1) is 17.0 Å². The summed E-state index contributed by atoms with van der Waals surface area (Å²) in [5, 5.41) is 23.2. The minimum atomic E-state index is -1.18. The van der Waals surface area contributed by atoms with Gasteiger partial charge in [0.25, 0.3) is 0 Å². The highest BCUT2D eigenvalue weighted by atomic mass is 35.5. The number of aryl methyl sites for hydroxylation is 1. The van der Waals surface area contributed by atoms with Crippen molar-refractivity contribution >= 4 is 23.4 Å². The maximum absolute atomic E-state index is 10.9. The lowest BCUT2D eigenvalue weighted by Crippen LogP contribution is -2.06. The predicted octanol–water partition coefficient (Wildman–Crippen LogP) is 1.84. The first-order valence-electron chi connectivity index (χ1n) is 5.01. The number of aromatic nitrogens is 3. The molecule has 0 aliphatic carbocycles. The van der Waals surface area contributed by atoms with E-state index in [4.69, 9.17) is 16.7 Å². The Hall–Kier alpha value is -2.48. The van der Waals surface area contributed by atoms with Gasteiger partial charge in [0.05, 0.1) is 22.4 Å². The van der Waals surface area contributed by atoms with Crippen molar-refractivity contribution in [1.29, 1.82) is 0 Å². The van der Waals surface area contributed by atoms with E-state index in [1.807, 2.05) is 0 Å². The zero-order chi connectivity index (χ0) is 14.2. The van der Waals surface area contributed by atoms with E-state index in [9.17, 15) is 14.9 Å². The lowest BCUT2D eigenvalue weighted by Gasteiger charge is -2.01. The molecule has 0 aromatic carbocycles. The van der Waals surface area contributed by atoms with Crippen molar-refractivity contribution < 1.29 is 14.8 Å². The van der Waals surface area contributed by atoms with Crippen LogP contribution in [-0.4, -0.2) is 30.8 Å². The van der Waals surface area contributed by atoms with Crippen molar-refractivity contribution in [3.63, 3.8) is 0 Å². The third kappa shape index (κ3) is 2.52. The van der Waals surface area contributed by atoms with Gasteiger partial charge in [-0.05, 0) is 24.0 Å². The summed E-state index contributed by atoms with van der Waals surface area (Å²) in [6, 6.07) is 3.67. The number of carbonyl (C=O) groups is 1. The zero-order valence-corrected chi connectivity index (χ0v) is 10.3. The van der Waals surface area contributed by atoms with Crippen molar-refractivity contribution in [2.24, 2.45) is 0 Å². The molecule has 8 nitrogen and oxygen atoms in total. The largest absolute Gasteiger partial charge is 0.478 e. The van der Waals surface area contributed by atoms with Gasteiger partial charge in [-0.3, -0.25) is 0 Å². The van der Waals surface area contributed by atoms with Crippen LogP contribution in [0.4, 0.5) is 5.82 Å². The first-order valence-corrected chi connectivity index (χ1v) is 5.38. The van der Waals surface area contributed by atoms with Gasteiger partial charge in [-0.2, -0.15) is 0 Å². The lowest BCUT2D eigenvalue weighted by molar-refractivity contribution is -0.389. The monoisotopic (exact) mass is 282 g/mol. The highest BCUT2D eigenvalue weighted by molar-refractivity contribution is 6.29. The van der Waals surface area contributed by atoms with E-state index < -0.39 is 10.9 Å². The van der Waals surface area contributed by atoms with E-state index in [1.165, 1.54) is 18.2 Å². The third-order valence-corrected chi connectivity index (χ3v) is 2.50. The number of halogens is 1. The molecule has 19 heavy (non-hydrogen) atoms. The minimum Gasteiger partial charge on any atom is -0.478 e. The van der Waals surface area contributed by atoms with Crippen molar-refractivity contribution in [3.05, 3.63) is 44.7 Å². The lowest BCUT2D eigenvalue weighted by atomic mass is 10.2. The molecular weight excluding hydrogens is 276 g/mol. The Morgan fingerprint density at radius 3 is 2.68 bits per heavy atom. The Balaban J connectivity index is 2.58. The van der Waals surface area contributed by atoms with Crippen LogP contribution in [0.15, 0.2) is 18.2 Å². The fraction of sp³-hybridized carbons (Fsp3) is 0.100. The summed E-state index contributed by atoms with van der Waals surface area (Å²) in [5.41, 5.74) is 0.366. The van der Waals surface area contributed by atoms with Gasteiger partial charge in [-0.15, -0.1) is 4.68 Å². The van der Waals surface area contributed by atoms with Crippen LogP contribution >= 0.6 is 11.6 Å². The molecule has 0 atom stereocenters. The molecule has 9 heteroatoms. The smallest absolute Gasteiger partial charge is 0.390 e. The molecule has 2 aromatic heterocycles. The molecule has 0 saturated heterocycles. The molecular formula is C10H7ClN4O4. The van der Waals surface area contributed by atoms with Crippen LogP contribution in [-0.2, 0) is 0 Å². The van der Waals surface area contributed by atoms with Crippen molar-refractivity contribution in [3.8, 4) is 5.82 Å². The first-order chi connectivity index (χ1) is 8.88. The van der Waals surface area contributed by atoms with Gasteiger partial charge >= 0.3 is 11.8 Å². The average Bonchev–Trinajstić information content (AvgIpc) is 2.70. The van der Waals surface area contributed by atoms with Crippen molar-refractivity contribution in [2.45, 2.75) is 6.92 Å². The SMILES string of the molecule is Cc1cc([N+](=O)[O-])nn1-c1cc(C(=O)O)cc(Cl)n1. The summed E-state index contributed by atoms with van der Waals surface area (Å²) in [6.07, 6.45) is 0. The normalized spacial score (nSPS) is 10.4. The number of hydrogen-bond acceptors (Lipinski definition) is 5. The number of carboxylic acid groups (broad SMARTS) is 1. The summed E-state index contributed by atoms with van der Waals surface area (Å²) < 4.78 is 1.16. The van der Waals surface area contributed by atoms with Crippen LogP contribution in [0.25, 0.3) is 5.82 Å². The van der Waals surface area contributed by atoms with E-state index in [0.717, 1.165) is 4.68 Å². The molecule has 0 aliphatic rings. The molecule has 0 aliphatic heterocycles. The quantitative estimate of drug-likeness (QED) is 0.522. The molecule has 2 heterocycles. The first kappa shape index (κ1) is 13.0. The summed E-state index contributed by atoms with van der Waals surface area (Å²) in [6.45, 7) is 1.59. The second-order valence-corrected chi connectivity index (χ2v) is 4.04. The molecule has 98 valence electrons. The van der Waals surface area contributed by atoms with Crippen LogP contribution in [0.5, 0.6) is 0 Å². The Morgan fingerprint density at radius 1 is 1.47 bits per heavy atom. The third-order valence-electron chi connectivity index (χ3n) is 2.31. The maximum Gasteiger partial charge on any atom is 0.390 e. The maximum atomic E-state index is 10.9. The van der Waals surface area contributed by atoms with Crippen LogP contribution in [0.3, 0.4) is 0 Å². The molecule has 0 saturated carbocycles. The molecule has 0 radical (unpaired) electrons. The molecule has 0 bridgehead atoms. The summed E-state index contributed by atoms with van der Waals surface area (Å²) >= 11 is 5.72. The number of pyridine rings is 1. The number of aromatic carboxylic acids is 1. The molecule has 1 N–H and O–H groups in total. The van der Waals surface area contributed by atoms with Gasteiger partial charge < -0.3 is 15.2 Å². The molecule has 0 spiro atoms. The zero-order valence-electron chi connectivity index (χ0n) is 9.57. The Bertz CT molecular complexity index is 682. The van der Waals surface area contributed by atoms with E-state index in [1.54, 1.807) is 6.92 Å². The van der Waals surface area contributed by atoms with Gasteiger partial charge in [-0.1, -0.05) is 11.6 Å². The van der Waals surface area contributed by atoms with E-state index >= 15 is 0 Å². The predicted molar refractivity (Wildman–Crippen MR) is 64.7 cm³/mol. The highest BCUT2D eigenvalue weighted by Gasteiger charge is 2.19. The fourth-order valence-electron chi connectivity index (χ4n) is 1.49. The standard InChI is InChI=1S/C10H7ClN4O4/c1-5-2-9(15(18)19)13-14(5)8-4-6(10(16)17)3-7(11)12-8/h2-4H,1H3,(H,16,17).